The van der Waals surface area contributed by atoms with Crippen molar-refractivity contribution in [3.8, 4) is 11.3 Å². The third kappa shape index (κ3) is 5.91. The summed E-state index contributed by atoms with van der Waals surface area (Å²) in [5.74, 6) is 0. The van der Waals surface area contributed by atoms with Crippen LogP contribution >= 0.6 is 23.2 Å². The lowest BCUT2D eigenvalue weighted by Gasteiger charge is -2.36. The van der Waals surface area contributed by atoms with Crippen LogP contribution < -0.4 is 10.5 Å². The monoisotopic (exact) mass is 528 g/mol. The third-order valence-electron chi connectivity index (χ3n) is 6.79. The van der Waals surface area contributed by atoms with E-state index in [2.05, 4.69) is 28.0 Å². The number of fused-ring (bicyclic) bond motifs is 3. The Labute approximate surface area is 220 Å². The summed E-state index contributed by atoms with van der Waals surface area (Å²) in [5, 5.41) is 8.12. The topological polar surface area (TPSA) is 78.7 Å². The van der Waals surface area contributed by atoms with Crippen molar-refractivity contribution in [3.63, 3.8) is 0 Å². The first-order valence-corrected chi connectivity index (χ1v) is 12.9. The summed E-state index contributed by atoms with van der Waals surface area (Å²) in [7, 11) is 0. The van der Waals surface area contributed by atoms with Crippen LogP contribution in [0.4, 0.5) is 5.69 Å². The molecule has 0 unspecified atom stereocenters. The highest BCUT2D eigenvalue weighted by Crippen LogP contribution is 2.33. The number of benzene rings is 2. The lowest BCUT2D eigenvalue weighted by molar-refractivity contribution is -0.122. The normalized spacial score (nSPS) is 15.2. The van der Waals surface area contributed by atoms with Crippen LogP contribution in [-0.2, 0) is 24.2 Å². The molecule has 2 heterocycles. The van der Waals surface area contributed by atoms with Crippen molar-refractivity contribution in [3.05, 3.63) is 80.3 Å². The molecule has 0 saturated carbocycles. The molecule has 0 bridgehead atoms. The van der Waals surface area contributed by atoms with E-state index in [1.807, 2.05) is 24.3 Å². The van der Waals surface area contributed by atoms with Crippen molar-refractivity contribution in [1.82, 2.24) is 14.5 Å². The van der Waals surface area contributed by atoms with Gasteiger partial charge in [0.25, 0.3) is 12.0 Å². The summed E-state index contributed by atoms with van der Waals surface area (Å²) in [6.07, 6.45) is 5.45. The predicted molar refractivity (Wildman–Crippen MR) is 144 cm³/mol. The van der Waals surface area contributed by atoms with Gasteiger partial charge < -0.3 is 10.0 Å². The van der Waals surface area contributed by atoms with Gasteiger partial charge in [0.2, 0.25) is 0 Å². The summed E-state index contributed by atoms with van der Waals surface area (Å²) in [6, 6.07) is 14.1. The molecule has 1 aliphatic carbocycles. The fraction of sp³-hybridized carbons (Fsp3) is 0.370. The van der Waals surface area contributed by atoms with E-state index in [-0.39, 0.29) is 12.0 Å². The van der Waals surface area contributed by atoms with Crippen LogP contribution in [-0.4, -0.2) is 58.8 Å². The van der Waals surface area contributed by atoms with Gasteiger partial charge in [-0.05, 0) is 49.9 Å². The van der Waals surface area contributed by atoms with Gasteiger partial charge in [-0.25, -0.2) is 4.98 Å². The quantitative estimate of drug-likeness (QED) is 0.486. The van der Waals surface area contributed by atoms with E-state index < -0.39 is 0 Å². The average Bonchev–Trinajstić information content (AvgIpc) is 3.08. The van der Waals surface area contributed by atoms with Crippen molar-refractivity contribution in [2.45, 2.75) is 32.2 Å². The summed E-state index contributed by atoms with van der Waals surface area (Å²) in [6.45, 7) is 5.18. The number of carboxylic acid groups (broad SMARTS) is 1. The maximum absolute atomic E-state index is 13.2. The molecule has 1 N–H and O–H groups in total. The smallest absolute Gasteiger partial charge is 0.290 e. The lowest BCUT2D eigenvalue weighted by atomic mass is 10.0. The van der Waals surface area contributed by atoms with Gasteiger partial charge in [-0.2, -0.15) is 0 Å². The largest absolute Gasteiger partial charge is 0.483 e. The Morgan fingerprint density at radius 2 is 1.72 bits per heavy atom. The number of anilines is 1. The Kier molecular flexibility index (Phi) is 9.02. The van der Waals surface area contributed by atoms with E-state index >= 15 is 0 Å². The molecule has 0 atom stereocenters. The molecule has 1 fully saturated rings. The fourth-order valence-corrected chi connectivity index (χ4v) is 5.40. The van der Waals surface area contributed by atoms with E-state index in [1.54, 1.807) is 10.9 Å². The molecule has 36 heavy (non-hydrogen) atoms. The zero-order valence-electron chi connectivity index (χ0n) is 20.1. The first-order chi connectivity index (χ1) is 17.5. The molecule has 0 amide bonds. The molecule has 0 radical (unpaired) electrons. The van der Waals surface area contributed by atoms with Gasteiger partial charge in [0, 0.05) is 43.9 Å². The number of piperazine rings is 1. The molecule has 5 rings (SSSR count). The first-order valence-electron chi connectivity index (χ1n) is 12.2. The van der Waals surface area contributed by atoms with Gasteiger partial charge >= 0.3 is 0 Å². The number of rotatable bonds is 5. The Bertz CT molecular complexity index is 1260. The standard InChI is InChI=1S/C26H28Cl2N4O.CH2O2/c27-22-10-4-11-23(24(22)28)31-16-14-30(15-17-31)12-5-13-32-18-29-25-20-8-2-1-6-19(20)7-3-9-21(25)26(32)33;2-1-3/h1-2,4,6,8,10-11,18H,3,5,7,9,12-17H2;1H,(H,2,3). The van der Waals surface area contributed by atoms with Gasteiger partial charge in [0.05, 0.1) is 27.8 Å². The van der Waals surface area contributed by atoms with E-state index in [9.17, 15) is 4.79 Å². The molecule has 9 heteroatoms. The number of aryl methyl sites for hydroxylation is 2. The van der Waals surface area contributed by atoms with E-state index in [0.717, 1.165) is 80.9 Å². The Balaban J connectivity index is 0.000000967. The molecule has 1 aliphatic heterocycles. The molecular formula is C27H30Cl2N4O3. The molecular weight excluding hydrogens is 499 g/mol. The SMILES string of the molecule is O=CO.O=c1c2c(ncn1CCCN1CCN(c3cccc(Cl)c3Cl)CC1)-c1ccccc1CCC2. The fourth-order valence-electron chi connectivity index (χ4n) is 4.99. The van der Waals surface area contributed by atoms with E-state index in [0.29, 0.717) is 16.6 Å². The average molecular weight is 529 g/mol. The summed E-state index contributed by atoms with van der Waals surface area (Å²) in [5.41, 5.74) is 5.28. The zero-order valence-corrected chi connectivity index (χ0v) is 21.6. The highest BCUT2D eigenvalue weighted by molar-refractivity contribution is 6.43. The van der Waals surface area contributed by atoms with Gasteiger partial charge in [-0.3, -0.25) is 19.1 Å². The molecule has 2 aliphatic rings. The van der Waals surface area contributed by atoms with Crippen molar-refractivity contribution in [1.29, 1.82) is 0 Å². The predicted octanol–water partition coefficient (Wildman–Crippen LogP) is 4.62. The minimum Gasteiger partial charge on any atom is -0.483 e. The van der Waals surface area contributed by atoms with Crippen LogP contribution in [0.25, 0.3) is 11.3 Å². The van der Waals surface area contributed by atoms with E-state index in [4.69, 9.17) is 38.1 Å². The lowest BCUT2D eigenvalue weighted by Crippen LogP contribution is -2.47. The van der Waals surface area contributed by atoms with Gasteiger partial charge in [-0.1, -0.05) is 53.5 Å². The first kappa shape index (κ1) is 26.2. The van der Waals surface area contributed by atoms with Crippen molar-refractivity contribution < 1.29 is 9.90 Å². The van der Waals surface area contributed by atoms with Crippen LogP contribution in [0, 0.1) is 0 Å². The molecule has 2 aromatic carbocycles. The number of aromatic nitrogens is 2. The van der Waals surface area contributed by atoms with Crippen molar-refractivity contribution in [2.75, 3.05) is 37.6 Å². The maximum Gasteiger partial charge on any atom is 0.290 e. The van der Waals surface area contributed by atoms with Crippen LogP contribution in [0.1, 0.15) is 24.0 Å². The Morgan fingerprint density at radius 1 is 0.972 bits per heavy atom. The molecule has 190 valence electrons. The molecule has 7 nitrogen and oxygen atoms in total. The molecule has 1 saturated heterocycles. The third-order valence-corrected chi connectivity index (χ3v) is 7.60. The second kappa shape index (κ2) is 12.4. The summed E-state index contributed by atoms with van der Waals surface area (Å²) >= 11 is 12.6. The van der Waals surface area contributed by atoms with Gasteiger partial charge in [0.15, 0.2) is 0 Å². The number of nitrogens with zero attached hydrogens (tertiary/aromatic N) is 4. The van der Waals surface area contributed by atoms with Gasteiger partial charge in [-0.15, -0.1) is 0 Å². The van der Waals surface area contributed by atoms with Crippen molar-refractivity contribution in [2.24, 2.45) is 0 Å². The second-order valence-corrected chi connectivity index (χ2v) is 9.73. The molecule has 3 aromatic rings. The van der Waals surface area contributed by atoms with Crippen LogP contribution in [0.5, 0.6) is 0 Å². The highest BCUT2D eigenvalue weighted by atomic mass is 35.5. The number of halogens is 2. The van der Waals surface area contributed by atoms with Crippen LogP contribution in [0.3, 0.4) is 0 Å². The minimum absolute atomic E-state index is 0.122. The minimum atomic E-state index is -0.250. The molecule has 0 spiro atoms. The van der Waals surface area contributed by atoms with Crippen molar-refractivity contribution >= 4 is 35.4 Å². The Morgan fingerprint density at radius 3 is 2.50 bits per heavy atom. The maximum atomic E-state index is 13.2. The number of hydrogen-bond donors (Lipinski definition) is 1. The second-order valence-electron chi connectivity index (χ2n) is 8.94. The Hall–Kier alpha value is -2.87. The zero-order chi connectivity index (χ0) is 25.5. The summed E-state index contributed by atoms with van der Waals surface area (Å²) < 4.78 is 1.80. The molecule has 1 aromatic heterocycles. The number of hydrogen-bond acceptors (Lipinski definition) is 5. The van der Waals surface area contributed by atoms with Crippen LogP contribution in [0.2, 0.25) is 10.0 Å². The van der Waals surface area contributed by atoms with Crippen LogP contribution in [0.15, 0.2) is 53.6 Å². The number of carbonyl (C=O) groups is 1. The van der Waals surface area contributed by atoms with E-state index in [1.165, 1.54) is 5.56 Å². The highest BCUT2D eigenvalue weighted by Gasteiger charge is 2.21. The van der Waals surface area contributed by atoms with Gasteiger partial charge in [0.1, 0.15) is 0 Å². The summed E-state index contributed by atoms with van der Waals surface area (Å²) in [4.78, 5) is 31.0.